The van der Waals surface area contributed by atoms with Crippen LogP contribution in [0, 0.1) is 5.82 Å². The Labute approximate surface area is 175 Å². The van der Waals surface area contributed by atoms with Crippen molar-refractivity contribution in [3.8, 4) is 0 Å². The van der Waals surface area contributed by atoms with Crippen LogP contribution in [-0.2, 0) is 22.1 Å². The molecule has 1 fully saturated rings. The number of carbonyl (C=O) groups excluding carboxylic acids is 2. The van der Waals surface area contributed by atoms with E-state index in [0.29, 0.717) is 5.56 Å². The SMILES string of the molecule is C[C@H](O)[C@H]1C(=O)N(c2ncc(Cl)cc2F)CC(=O)N1Cc1ccc(C(C)(F)F)cc1. The van der Waals surface area contributed by atoms with Crippen molar-refractivity contribution < 1.29 is 27.9 Å². The summed E-state index contributed by atoms with van der Waals surface area (Å²) in [6.45, 7) is 1.54. The number of pyridine rings is 1. The van der Waals surface area contributed by atoms with Gasteiger partial charge in [0.15, 0.2) is 11.6 Å². The van der Waals surface area contributed by atoms with Gasteiger partial charge >= 0.3 is 0 Å². The number of alkyl halides is 2. The molecular weight excluding hydrogens is 423 g/mol. The molecule has 160 valence electrons. The Hall–Kier alpha value is -2.65. The summed E-state index contributed by atoms with van der Waals surface area (Å²) in [4.78, 5) is 31.6. The summed E-state index contributed by atoms with van der Waals surface area (Å²) in [5, 5.41) is 10.2. The maximum atomic E-state index is 14.3. The van der Waals surface area contributed by atoms with Crippen LogP contribution in [-0.4, -0.2) is 45.5 Å². The molecule has 6 nitrogen and oxygen atoms in total. The molecule has 0 radical (unpaired) electrons. The highest BCUT2D eigenvalue weighted by Crippen LogP contribution is 2.29. The number of hydrogen-bond acceptors (Lipinski definition) is 4. The molecule has 1 N–H and O–H groups in total. The number of piperazine rings is 1. The van der Waals surface area contributed by atoms with Crippen molar-refractivity contribution in [3.05, 3.63) is 58.5 Å². The second-order valence-electron chi connectivity index (χ2n) is 7.18. The maximum Gasteiger partial charge on any atom is 0.270 e. The molecule has 0 aliphatic carbocycles. The number of anilines is 1. The van der Waals surface area contributed by atoms with Gasteiger partial charge < -0.3 is 10.0 Å². The van der Waals surface area contributed by atoms with Gasteiger partial charge in [0.2, 0.25) is 5.91 Å². The van der Waals surface area contributed by atoms with E-state index in [2.05, 4.69) is 4.98 Å². The summed E-state index contributed by atoms with van der Waals surface area (Å²) in [6.07, 6.45) is -0.120. The van der Waals surface area contributed by atoms with Crippen molar-refractivity contribution in [2.24, 2.45) is 0 Å². The molecule has 30 heavy (non-hydrogen) atoms. The zero-order valence-electron chi connectivity index (χ0n) is 16.2. The van der Waals surface area contributed by atoms with E-state index in [0.717, 1.165) is 29.0 Å². The van der Waals surface area contributed by atoms with E-state index >= 15 is 0 Å². The summed E-state index contributed by atoms with van der Waals surface area (Å²) >= 11 is 5.68. The summed E-state index contributed by atoms with van der Waals surface area (Å²) in [7, 11) is 0. The molecule has 2 atom stereocenters. The smallest absolute Gasteiger partial charge is 0.270 e. The fraction of sp³-hybridized carbons (Fsp3) is 0.350. The lowest BCUT2D eigenvalue weighted by atomic mass is 10.0. The first-order valence-electron chi connectivity index (χ1n) is 9.06. The van der Waals surface area contributed by atoms with Crippen LogP contribution in [0.3, 0.4) is 0 Å². The quantitative estimate of drug-likeness (QED) is 0.773. The third kappa shape index (κ3) is 4.41. The van der Waals surface area contributed by atoms with E-state index in [1.165, 1.54) is 31.2 Å². The topological polar surface area (TPSA) is 73.7 Å². The van der Waals surface area contributed by atoms with Gasteiger partial charge in [-0.2, -0.15) is 0 Å². The summed E-state index contributed by atoms with van der Waals surface area (Å²) in [5.41, 5.74) is 0.314. The molecule has 3 rings (SSSR count). The van der Waals surface area contributed by atoms with Crippen LogP contribution < -0.4 is 4.90 Å². The molecular formula is C20H19ClF3N3O3. The average Bonchev–Trinajstić information content (AvgIpc) is 2.64. The van der Waals surface area contributed by atoms with E-state index in [9.17, 15) is 27.9 Å². The van der Waals surface area contributed by atoms with Gasteiger partial charge in [-0.1, -0.05) is 35.9 Å². The zero-order chi connectivity index (χ0) is 22.2. The van der Waals surface area contributed by atoms with E-state index in [4.69, 9.17) is 11.6 Å². The summed E-state index contributed by atoms with van der Waals surface area (Å²) in [5.74, 6) is -5.51. The number of rotatable bonds is 5. The predicted molar refractivity (Wildman–Crippen MR) is 104 cm³/mol. The molecule has 0 unspecified atom stereocenters. The van der Waals surface area contributed by atoms with E-state index in [-0.39, 0.29) is 22.9 Å². The van der Waals surface area contributed by atoms with Crippen molar-refractivity contribution in [1.29, 1.82) is 0 Å². The minimum Gasteiger partial charge on any atom is -0.391 e. The molecule has 1 aromatic heterocycles. The number of carbonyl (C=O) groups is 2. The Bertz CT molecular complexity index is 964. The number of aliphatic hydroxyl groups is 1. The van der Waals surface area contributed by atoms with Gasteiger partial charge in [0, 0.05) is 25.2 Å². The van der Waals surface area contributed by atoms with Crippen LogP contribution in [0.25, 0.3) is 0 Å². The van der Waals surface area contributed by atoms with Crippen LogP contribution in [0.1, 0.15) is 25.0 Å². The van der Waals surface area contributed by atoms with Crippen molar-refractivity contribution in [1.82, 2.24) is 9.88 Å². The minimum atomic E-state index is -3.01. The molecule has 0 spiro atoms. The fourth-order valence-corrected chi connectivity index (χ4v) is 3.43. The molecule has 2 amide bonds. The molecule has 2 heterocycles. The van der Waals surface area contributed by atoms with Crippen LogP contribution in [0.5, 0.6) is 0 Å². The number of aliphatic hydroxyl groups excluding tert-OH is 1. The number of benzene rings is 1. The van der Waals surface area contributed by atoms with E-state index in [1.807, 2.05) is 0 Å². The number of hydrogen-bond donors (Lipinski definition) is 1. The van der Waals surface area contributed by atoms with Gasteiger partial charge in [0.05, 0.1) is 11.1 Å². The third-order valence-corrected chi connectivity index (χ3v) is 4.99. The lowest BCUT2D eigenvalue weighted by molar-refractivity contribution is -0.148. The van der Waals surface area contributed by atoms with E-state index < -0.39 is 42.2 Å². The highest BCUT2D eigenvalue weighted by Gasteiger charge is 2.43. The van der Waals surface area contributed by atoms with Gasteiger partial charge in [-0.05, 0) is 18.6 Å². The van der Waals surface area contributed by atoms with Gasteiger partial charge in [-0.3, -0.25) is 14.5 Å². The largest absolute Gasteiger partial charge is 0.391 e. The Morgan fingerprint density at radius 3 is 2.47 bits per heavy atom. The lowest BCUT2D eigenvalue weighted by Gasteiger charge is -2.41. The molecule has 0 bridgehead atoms. The number of amides is 2. The van der Waals surface area contributed by atoms with Crippen molar-refractivity contribution in [2.75, 3.05) is 11.4 Å². The van der Waals surface area contributed by atoms with Crippen LogP contribution >= 0.6 is 11.6 Å². The maximum absolute atomic E-state index is 14.3. The molecule has 1 aromatic carbocycles. The van der Waals surface area contributed by atoms with Crippen molar-refractivity contribution in [2.45, 2.75) is 38.5 Å². The van der Waals surface area contributed by atoms with E-state index in [1.54, 1.807) is 0 Å². The first-order valence-corrected chi connectivity index (χ1v) is 9.44. The van der Waals surface area contributed by atoms with Crippen molar-refractivity contribution in [3.63, 3.8) is 0 Å². The minimum absolute atomic E-state index is 0.0295. The summed E-state index contributed by atoms with van der Waals surface area (Å²) in [6, 6.07) is 5.00. The molecule has 10 heteroatoms. The van der Waals surface area contributed by atoms with Crippen molar-refractivity contribution >= 4 is 29.2 Å². The Kier molecular flexibility index (Phi) is 6.05. The van der Waals surface area contributed by atoms with Crippen LogP contribution in [0.2, 0.25) is 5.02 Å². The van der Waals surface area contributed by atoms with Gasteiger partial charge in [0.25, 0.3) is 11.8 Å². The first kappa shape index (κ1) is 22.0. The zero-order valence-corrected chi connectivity index (χ0v) is 16.9. The average molecular weight is 442 g/mol. The first-order chi connectivity index (χ1) is 14.0. The Morgan fingerprint density at radius 2 is 1.93 bits per heavy atom. The Balaban J connectivity index is 1.88. The lowest BCUT2D eigenvalue weighted by Crippen LogP contribution is -2.63. The Morgan fingerprint density at radius 1 is 1.30 bits per heavy atom. The second kappa shape index (κ2) is 8.23. The monoisotopic (exact) mass is 441 g/mol. The number of nitrogens with zero attached hydrogens (tertiary/aromatic N) is 3. The second-order valence-corrected chi connectivity index (χ2v) is 7.61. The standard InChI is InChI=1S/C20H19ClF3N3O3/c1-11(28)17-19(30)27(18-15(22)7-14(21)8-25-18)10-16(29)26(17)9-12-3-5-13(6-4-12)20(2,23)24/h3-8,11,17,28H,9-10H2,1-2H3/t11-,17-/m0/s1. The third-order valence-electron chi connectivity index (χ3n) is 4.78. The van der Waals surface area contributed by atoms with Gasteiger partial charge in [-0.15, -0.1) is 0 Å². The molecule has 0 saturated carbocycles. The van der Waals surface area contributed by atoms with Crippen LogP contribution in [0.15, 0.2) is 36.5 Å². The van der Waals surface area contributed by atoms with Crippen LogP contribution in [0.4, 0.5) is 19.0 Å². The molecule has 2 aromatic rings. The molecule has 1 saturated heterocycles. The van der Waals surface area contributed by atoms with Gasteiger partial charge in [0.1, 0.15) is 12.6 Å². The highest BCUT2D eigenvalue weighted by molar-refractivity contribution is 6.30. The summed E-state index contributed by atoms with van der Waals surface area (Å²) < 4.78 is 41.0. The predicted octanol–water partition coefficient (Wildman–Crippen LogP) is 3.11. The van der Waals surface area contributed by atoms with Gasteiger partial charge in [-0.25, -0.2) is 18.2 Å². The highest BCUT2D eigenvalue weighted by atomic mass is 35.5. The normalized spacial score (nSPS) is 18.7. The number of aromatic nitrogens is 1. The fourth-order valence-electron chi connectivity index (χ4n) is 3.29. The molecule has 1 aliphatic rings. The molecule has 1 aliphatic heterocycles. The number of halogens is 4.